The van der Waals surface area contributed by atoms with Gasteiger partial charge in [0.05, 0.1) is 18.1 Å². The van der Waals surface area contributed by atoms with E-state index in [9.17, 15) is 9.18 Å². The Hall–Kier alpha value is -1.78. The fourth-order valence-corrected chi connectivity index (χ4v) is 1.66. The number of ether oxygens (including phenoxy) is 1. The van der Waals surface area contributed by atoms with Crippen molar-refractivity contribution in [3.05, 3.63) is 28.4 Å². The summed E-state index contributed by atoms with van der Waals surface area (Å²) in [7, 11) is 4.64. The van der Waals surface area contributed by atoms with Crippen molar-refractivity contribution in [1.29, 1.82) is 0 Å². The second-order valence-corrected chi connectivity index (χ2v) is 3.38. The molecule has 2 aromatic rings. The van der Waals surface area contributed by atoms with Gasteiger partial charge in [0.15, 0.2) is 11.6 Å². The van der Waals surface area contributed by atoms with Crippen molar-refractivity contribution < 1.29 is 9.13 Å². The van der Waals surface area contributed by atoms with E-state index in [0.717, 1.165) is 0 Å². The second kappa shape index (κ2) is 3.12. The van der Waals surface area contributed by atoms with Crippen LogP contribution in [0.15, 0.2) is 16.9 Å². The van der Waals surface area contributed by atoms with E-state index < -0.39 is 5.82 Å². The van der Waals surface area contributed by atoms with E-state index in [1.807, 2.05) is 0 Å². The highest BCUT2D eigenvalue weighted by molar-refractivity contribution is 5.78. The third-order valence-corrected chi connectivity index (χ3v) is 2.55. The molecule has 2 rings (SSSR count). The molecule has 0 radical (unpaired) electrons. The number of nitrogens with zero attached hydrogens (tertiary/aromatic N) is 2. The standard InChI is InChI=1S/C10H11FN2O2/c1-12-7-4-6(11)9(15-3)5-8(7)13(2)10(12)14/h4-5H,1-3H3. The molecule has 0 fully saturated rings. The third-order valence-electron chi connectivity index (χ3n) is 2.55. The van der Waals surface area contributed by atoms with Crippen LogP contribution in [-0.2, 0) is 14.1 Å². The normalized spacial score (nSPS) is 10.9. The number of methoxy groups -OCH3 is 1. The van der Waals surface area contributed by atoms with E-state index in [-0.39, 0.29) is 11.4 Å². The lowest BCUT2D eigenvalue weighted by atomic mass is 10.3. The number of aryl methyl sites for hydroxylation is 2. The minimum atomic E-state index is -0.466. The minimum Gasteiger partial charge on any atom is -0.494 e. The molecule has 5 heteroatoms. The predicted octanol–water partition coefficient (Wildman–Crippen LogP) is 1.02. The highest BCUT2D eigenvalue weighted by Crippen LogP contribution is 2.23. The van der Waals surface area contributed by atoms with E-state index in [1.54, 1.807) is 14.1 Å². The molecule has 0 aliphatic rings. The molecule has 80 valence electrons. The lowest BCUT2D eigenvalue weighted by Gasteiger charge is -2.02. The Morgan fingerprint density at radius 1 is 1.20 bits per heavy atom. The van der Waals surface area contributed by atoms with Crippen molar-refractivity contribution in [2.24, 2.45) is 14.1 Å². The quantitative estimate of drug-likeness (QED) is 0.704. The molecule has 0 spiro atoms. The number of aromatic nitrogens is 2. The number of rotatable bonds is 1. The van der Waals surface area contributed by atoms with Crippen molar-refractivity contribution in [3.63, 3.8) is 0 Å². The monoisotopic (exact) mass is 210 g/mol. The zero-order valence-corrected chi connectivity index (χ0v) is 8.74. The van der Waals surface area contributed by atoms with Crippen molar-refractivity contribution in [2.45, 2.75) is 0 Å². The van der Waals surface area contributed by atoms with Crippen LogP contribution in [0.2, 0.25) is 0 Å². The maximum absolute atomic E-state index is 13.4. The molecule has 0 N–H and O–H groups in total. The maximum atomic E-state index is 13.4. The van der Waals surface area contributed by atoms with Gasteiger partial charge in [0.2, 0.25) is 0 Å². The first-order valence-corrected chi connectivity index (χ1v) is 4.45. The first-order valence-electron chi connectivity index (χ1n) is 4.45. The Labute approximate surface area is 85.5 Å². The smallest absolute Gasteiger partial charge is 0.328 e. The topological polar surface area (TPSA) is 36.2 Å². The summed E-state index contributed by atoms with van der Waals surface area (Å²) >= 11 is 0. The average Bonchev–Trinajstić information content (AvgIpc) is 2.43. The van der Waals surface area contributed by atoms with Crippen molar-refractivity contribution in [1.82, 2.24) is 9.13 Å². The first-order chi connectivity index (χ1) is 7.06. The molecular formula is C10H11FN2O2. The molecule has 0 saturated heterocycles. The van der Waals surface area contributed by atoms with Gasteiger partial charge in [-0.2, -0.15) is 0 Å². The fourth-order valence-electron chi connectivity index (χ4n) is 1.66. The zero-order valence-electron chi connectivity index (χ0n) is 8.74. The molecule has 0 atom stereocenters. The van der Waals surface area contributed by atoms with Crippen LogP contribution in [-0.4, -0.2) is 16.2 Å². The molecule has 15 heavy (non-hydrogen) atoms. The van der Waals surface area contributed by atoms with Gasteiger partial charge >= 0.3 is 5.69 Å². The third kappa shape index (κ3) is 1.23. The molecule has 0 bridgehead atoms. The van der Waals surface area contributed by atoms with E-state index in [0.29, 0.717) is 11.0 Å². The Kier molecular flexibility index (Phi) is 2.03. The van der Waals surface area contributed by atoms with Crippen LogP contribution in [0.1, 0.15) is 0 Å². The van der Waals surface area contributed by atoms with Crippen LogP contribution in [0.5, 0.6) is 5.75 Å². The second-order valence-electron chi connectivity index (χ2n) is 3.38. The van der Waals surface area contributed by atoms with E-state index in [2.05, 4.69) is 0 Å². The number of imidazole rings is 1. The summed E-state index contributed by atoms with van der Waals surface area (Å²) in [4.78, 5) is 11.6. The van der Waals surface area contributed by atoms with Crippen LogP contribution in [0.3, 0.4) is 0 Å². The molecule has 1 aromatic heterocycles. The first kappa shape index (κ1) is 9.76. The van der Waals surface area contributed by atoms with Crippen LogP contribution < -0.4 is 10.4 Å². The number of benzene rings is 1. The van der Waals surface area contributed by atoms with Gasteiger partial charge in [-0.15, -0.1) is 0 Å². The highest BCUT2D eigenvalue weighted by atomic mass is 19.1. The molecule has 0 unspecified atom stereocenters. The summed E-state index contributed by atoms with van der Waals surface area (Å²) in [6.07, 6.45) is 0. The highest BCUT2D eigenvalue weighted by Gasteiger charge is 2.12. The van der Waals surface area contributed by atoms with E-state index >= 15 is 0 Å². The van der Waals surface area contributed by atoms with Crippen molar-refractivity contribution in [2.75, 3.05) is 7.11 Å². The summed E-state index contributed by atoms with van der Waals surface area (Å²) in [5.41, 5.74) is 1.03. The van der Waals surface area contributed by atoms with Crippen LogP contribution >= 0.6 is 0 Å². The lowest BCUT2D eigenvalue weighted by Crippen LogP contribution is -2.19. The number of fused-ring (bicyclic) bond motifs is 1. The lowest BCUT2D eigenvalue weighted by molar-refractivity contribution is 0.387. The molecule has 0 aliphatic carbocycles. The Morgan fingerprint density at radius 3 is 2.27 bits per heavy atom. The SMILES string of the molecule is COc1cc2c(cc1F)n(C)c(=O)n2C. The average molecular weight is 210 g/mol. The summed E-state index contributed by atoms with van der Waals surface area (Å²) in [5.74, 6) is -0.324. The molecule has 1 heterocycles. The van der Waals surface area contributed by atoms with E-state index in [1.165, 1.54) is 28.4 Å². The Morgan fingerprint density at radius 2 is 1.73 bits per heavy atom. The van der Waals surface area contributed by atoms with Gasteiger partial charge in [-0.05, 0) is 0 Å². The van der Waals surface area contributed by atoms with Gasteiger partial charge in [-0.1, -0.05) is 0 Å². The van der Waals surface area contributed by atoms with Gasteiger partial charge in [0.25, 0.3) is 0 Å². The summed E-state index contributed by atoms with van der Waals surface area (Å²) in [5, 5.41) is 0. The molecule has 1 aromatic carbocycles. The largest absolute Gasteiger partial charge is 0.494 e. The van der Waals surface area contributed by atoms with Gasteiger partial charge in [0.1, 0.15) is 0 Å². The minimum absolute atomic E-state index is 0.142. The van der Waals surface area contributed by atoms with Gasteiger partial charge in [-0.3, -0.25) is 9.13 Å². The number of hydrogen-bond donors (Lipinski definition) is 0. The van der Waals surface area contributed by atoms with Crippen LogP contribution in [0.4, 0.5) is 4.39 Å². The molecule has 0 saturated carbocycles. The summed E-state index contributed by atoms with van der Waals surface area (Å²) in [6.45, 7) is 0. The molecule has 0 aliphatic heterocycles. The van der Waals surface area contributed by atoms with Gasteiger partial charge in [0, 0.05) is 26.2 Å². The van der Waals surface area contributed by atoms with E-state index in [4.69, 9.17) is 4.74 Å². The van der Waals surface area contributed by atoms with Crippen LogP contribution in [0, 0.1) is 5.82 Å². The number of hydrogen-bond acceptors (Lipinski definition) is 2. The van der Waals surface area contributed by atoms with Gasteiger partial charge < -0.3 is 4.74 Å². The molecule has 4 nitrogen and oxygen atoms in total. The van der Waals surface area contributed by atoms with Crippen molar-refractivity contribution >= 4 is 11.0 Å². The maximum Gasteiger partial charge on any atom is 0.328 e. The summed E-state index contributed by atoms with van der Waals surface area (Å²) in [6, 6.07) is 2.82. The summed E-state index contributed by atoms with van der Waals surface area (Å²) < 4.78 is 21.1. The molecular weight excluding hydrogens is 199 g/mol. The van der Waals surface area contributed by atoms with Crippen molar-refractivity contribution in [3.8, 4) is 5.75 Å². The van der Waals surface area contributed by atoms with Crippen LogP contribution in [0.25, 0.3) is 11.0 Å². The number of halogens is 1. The Bertz CT molecular complexity index is 583. The Balaban J connectivity index is 2.94. The predicted molar refractivity (Wildman–Crippen MR) is 54.7 cm³/mol. The van der Waals surface area contributed by atoms with Gasteiger partial charge in [-0.25, -0.2) is 9.18 Å². The molecule has 0 amide bonds. The fraction of sp³-hybridized carbons (Fsp3) is 0.300. The zero-order chi connectivity index (χ0) is 11.2.